The van der Waals surface area contributed by atoms with E-state index in [-0.39, 0.29) is 0 Å². The van der Waals surface area contributed by atoms with Gasteiger partial charge in [-0.25, -0.2) is 0 Å². The third-order valence-corrected chi connectivity index (χ3v) is 5.48. The Labute approximate surface area is 139 Å². The molecule has 3 heterocycles. The second-order valence-corrected chi connectivity index (χ2v) is 7.72. The standard InChI is InChI=1S/C18H30N4O/c1-15(2)22-14-18(8-5-17(22)23)7-4-9-20(13-18)11-12-21-10-6-16(3)19-21/h6,10,15H,4-5,7-9,11-14H2,1-3H3/t18-/m1/s1. The highest BCUT2D eigenvalue weighted by molar-refractivity contribution is 5.77. The number of rotatable bonds is 4. The van der Waals surface area contributed by atoms with Crippen molar-refractivity contribution in [2.75, 3.05) is 26.2 Å². The third kappa shape index (κ3) is 3.77. The van der Waals surface area contributed by atoms with Crippen LogP contribution in [-0.4, -0.2) is 57.7 Å². The molecule has 1 amide bonds. The third-order valence-electron chi connectivity index (χ3n) is 5.48. The average molecular weight is 318 g/mol. The lowest BCUT2D eigenvalue weighted by molar-refractivity contribution is -0.141. The van der Waals surface area contributed by atoms with Crippen molar-refractivity contribution in [3.8, 4) is 0 Å². The van der Waals surface area contributed by atoms with Gasteiger partial charge in [0.25, 0.3) is 0 Å². The van der Waals surface area contributed by atoms with Gasteiger partial charge in [0, 0.05) is 43.7 Å². The fraction of sp³-hybridized carbons (Fsp3) is 0.778. The lowest BCUT2D eigenvalue weighted by atomic mass is 9.73. The smallest absolute Gasteiger partial charge is 0.222 e. The van der Waals surface area contributed by atoms with Gasteiger partial charge >= 0.3 is 0 Å². The van der Waals surface area contributed by atoms with Crippen LogP contribution < -0.4 is 0 Å². The molecule has 3 rings (SSSR count). The summed E-state index contributed by atoms with van der Waals surface area (Å²) in [6.07, 6.45) is 6.37. The molecule has 128 valence electrons. The van der Waals surface area contributed by atoms with Crippen LogP contribution in [0, 0.1) is 12.3 Å². The van der Waals surface area contributed by atoms with E-state index in [0.29, 0.717) is 17.4 Å². The van der Waals surface area contributed by atoms with E-state index < -0.39 is 0 Å². The zero-order valence-corrected chi connectivity index (χ0v) is 14.8. The van der Waals surface area contributed by atoms with Gasteiger partial charge in [0.15, 0.2) is 0 Å². The van der Waals surface area contributed by atoms with Gasteiger partial charge in [-0.05, 0) is 52.6 Å². The van der Waals surface area contributed by atoms with E-state index in [1.165, 1.54) is 19.4 Å². The molecule has 23 heavy (non-hydrogen) atoms. The summed E-state index contributed by atoms with van der Waals surface area (Å²) in [6.45, 7) is 11.6. The first-order valence-corrected chi connectivity index (χ1v) is 8.99. The highest BCUT2D eigenvalue weighted by atomic mass is 16.2. The second kappa shape index (κ2) is 6.63. The summed E-state index contributed by atoms with van der Waals surface area (Å²) in [5.41, 5.74) is 1.40. The molecule has 0 radical (unpaired) electrons. The molecule has 5 heteroatoms. The van der Waals surface area contributed by atoms with Crippen molar-refractivity contribution in [2.45, 2.75) is 59.0 Å². The van der Waals surface area contributed by atoms with Gasteiger partial charge in [0.2, 0.25) is 5.91 Å². The maximum atomic E-state index is 12.2. The summed E-state index contributed by atoms with van der Waals surface area (Å²) >= 11 is 0. The summed E-state index contributed by atoms with van der Waals surface area (Å²) in [4.78, 5) is 16.8. The van der Waals surface area contributed by atoms with Crippen molar-refractivity contribution < 1.29 is 4.79 Å². The highest BCUT2D eigenvalue weighted by Gasteiger charge is 2.42. The number of aromatic nitrogens is 2. The Kier molecular flexibility index (Phi) is 4.76. The Bertz CT molecular complexity index is 553. The van der Waals surface area contributed by atoms with Gasteiger partial charge in [-0.2, -0.15) is 5.10 Å². The molecule has 2 aliphatic rings. The van der Waals surface area contributed by atoms with Crippen LogP contribution in [0.1, 0.15) is 45.2 Å². The number of hydrogen-bond donors (Lipinski definition) is 0. The molecule has 2 aliphatic heterocycles. The fourth-order valence-electron chi connectivity index (χ4n) is 4.18. The van der Waals surface area contributed by atoms with Gasteiger partial charge in [-0.15, -0.1) is 0 Å². The Morgan fingerprint density at radius 3 is 2.78 bits per heavy atom. The van der Waals surface area contributed by atoms with Crippen LogP contribution in [0.3, 0.4) is 0 Å². The zero-order valence-electron chi connectivity index (χ0n) is 14.8. The molecule has 2 fully saturated rings. The quantitative estimate of drug-likeness (QED) is 0.855. The van der Waals surface area contributed by atoms with Gasteiger partial charge in [0.05, 0.1) is 12.2 Å². The van der Waals surface area contributed by atoms with Crippen LogP contribution in [-0.2, 0) is 11.3 Å². The van der Waals surface area contributed by atoms with E-state index in [2.05, 4.69) is 41.0 Å². The van der Waals surface area contributed by atoms with Crippen molar-refractivity contribution in [1.82, 2.24) is 19.6 Å². The predicted molar refractivity (Wildman–Crippen MR) is 91.2 cm³/mol. The molecule has 1 aromatic heterocycles. The molecule has 5 nitrogen and oxygen atoms in total. The van der Waals surface area contributed by atoms with E-state index in [9.17, 15) is 4.79 Å². The maximum absolute atomic E-state index is 12.2. The first-order valence-electron chi connectivity index (χ1n) is 8.99. The van der Waals surface area contributed by atoms with Crippen LogP contribution in [0.5, 0.6) is 0 Å². The maximum Gasteiger partial charge on any atom is 0.222 e. The molecule has 1 spiro atoms. The Morgan fingerprint density at radius 1 is 1.26 bits per heavy atom. The summed E-state index contributed by atoms with van der Waals surface area (Å²) in [5, 5.41) is 4.48. The number of likely N-dealkylation sites (tertiary alicyclic amines) is 2. The number of carbonyl (C=O) groups is 1. The van der Waals surface area contributed by atoms with Crippen molar-refractivity contribution in [2.24, 2.45) is 5.41 Å². The van der Waals surface area contributed by atoms with Crippen molar-refractivity contribution in [3.05, 3.63) is 18.0 Å². The molecular formula is C18H30N4O. The summed E-state index contributed by atoms with van der Waals surface area (Å²) in [6, 6.07) is 2.38. The normalized spacial score (nSPS) is 26.4. The Morgan fingerprint density at radius 2 is 2.09 bits per heavy atom. The van der Waals surface area contributed by atoms with Crippen LogP contribution in [0.2, 0.25) is 0 Å². The average Bonchev–Trinajstić information content (AvgIpc) is 2.94. The van der Waals surface area contributed by atoms with Crippen molar-refractivity contribution in [1.29, 1.82) is 0 Å². The molecule has 0 aliphatic carbocycles. The number of nitrogens with zero attached hydrogens (tertiary/aromatic N) is 4. The monoisotopic (exact) mass is 318 g/mol. The van der Waals surface area contributed by atoms with Crippen LogP contribution in [0.25, 0.3) is 0 Å². The second-order valence-electron chi connectivity index (χ2n) is 7.72. The predicted octanol–water partition coefficient (Wildman–Crippen LogP) is 2.30. The molecule has 1 atom stereocenters. The largest absolute Gasteiger partial charge is 0.340 e. The van der Waals surface area contributed by atoms with E-state index in [1.54, 1.807) is 0 Å². The van der Waals surface area contributed by atoms with Gasteiger partial charge in [0.1, 0.15) is 0 Å². The molecular weight excluding hydrogens is 288 g/mol. The summed E-state index contributed by atoms with van der Waals surface area (Å²) in [7, 11) is 0. The topological polar surface area (TPSA) is 41.4 Å². The molecule has 0 N–H and O–H groups in total. The Hall–Kier alpha value is -1.36. The van der Waals surface area contributed by atoms with E-state index >= 15 is 0 Å². The first kappa shape index (κ1) is 16.5. The van der Waals surface area contributed by atoms with Crippen LogP contribution >= 0.6 is 0 Å². The van der Waals surface area contributed by atoms with Crippen molar-refractivity contribution in [3.63, 3.8) is 0 Å². The highest BCUT2D eigenvalue weighted by Crippen LogP contribution is 2.39. The van der Waals surface area contributed by atoms with Crippen LogP contribution in [0.4, 0.5) is 0 Å². The number of amides is 1. The van der Waals surface area contributed by atoms with Crippen LogP contribution in [0.15, 0.2) is 12.3 Å². The van der Waals surface area contributed by atoms with Crippen molar-refractivity contribution >= 4 is 5.91 Å². The van der Waals surface area contributed by atoms with E-state index in [0.717, 1.165) is 44.7 Å². The van der Waals surface area contributed by atoms with Gasteiger partial charge < -0.3 is 9.80 Å². The number of carbonyl (C=O) groups excluding carboxylic acids is 1. The lowest BCUT2D eigenvalue weighted by Gasteiger charge is -2.49. The molecule has 0 saturated carbocycles. The Balaban J connectivity index is 1.60. The number of aryl methyl sites for hydroxylation is 1. The minimum Gasteiger partial charge on any atom is -0.340 e. The number of piperidine rings is 2. The molecule has 0 aromatic carbocycles. The van der Waals surface area contributed by atoms with Gasteiger partial charge in [-0.3, -0.25) is 9.48 Å². The molecule has 0 unspecified atom stereocenters. The summed E-state index contributed by atoms with van der Waals surface area (Å²) < 4.78 is 2.04. The minimum absolute atomic E-state index is 0.316. The minimum atomic E-state index is 0.316. The fourth-order valence-corrected chi connectivity index (χ4v) is 4.18. The zero-order chi connectivity index (χ0) is 16.4. The summed E-state index contributed by atoms with van der Waals surface area (Å²) in [5.74, 6) is 0.342. The van der Waals surface area contributed by atoms with Gasteiger partial charge in [-0.1, -0.05) is 0 Å². The molecule has 1 aromatic rings. The molecule has 2 saturated heterocycles. The van der Waals surface area contributed by atoms with E-state index in [4.69, 9.17) is 0 Å². The SMILES string of the molecule is Cc1ccn(CCN2CCC[C@@]3(CCC(=O)N(C(C)C)C3)C2)n1. The van der Waals surface area contributed by atoms with E-state index in [1.807, 2.05) is 11.6 Å². The molecule has 0 bridgehead atoms. The lowest BCUT2D eigenvalue weighted by Crippen LogP contribution is -2.55. The first-order chi connectivity index (χ1) is 11.0. The number of hydrogen-bond acceptors (Lipinski definition) is 3.